The predicted octanol–water partition coefficient (Wildman–Crippen LogP) is 4.98. The first-order valence-electron chi connectivity index (χ1n) is 8.64. The van der Waals surface area contributed by atoms with Gasteiger partial charge in [-0.1, -0.05) is 25.0 Å². The minimum absolute atomic E-state index is 0.0360. The highest BCUT2D eigenvalue weighted by Crippen LogP contribution is 2.31. The number of halogens is 1. The fourth-order valence-corrected chi connectivity index (χ4v) is 3.25. The Hall–Kier alpha value is -2.56. The van der Waals surface area contributed by atoms with Crippen molar-refractivity contribution in [1.82, 2.24) is 4.90 Å². The van der Waals surface area contributed by atoms with Crippen LogP contribution in [0.25, 0.3) is 0 Å². The number of hydrogen-bond donors (Lipinski definition) is 1. The van der Waals surface area contributed by atoms with Crippen LogP contribution in [0.2, 0.25) is 0 Å². The van der Waals surface area contributed by atoms with E-state index in [0.29, 0.717) is 12.2 Å². The molecule has 132 valence electrons. The van der Waals surface area contributed by atoms with Crippen molar-refractivity contribution >= 4 is 11.7 Å². The van der Waals surface area contributed by atoms with Crippen molar-refractivity contribution in [2.45, 2.75) is 31.7 Å². The smallest absolute Gasteiger partial charge is 0.322 e. The maximum absolute atomic E-state index is 13.0. The number of nitrogens with one attached hydrogen (secondary N) is 1. The van der Waals surface area contributed by atoms with Crippen LogP contribution in [0.15, 0.2) is 48.5 Å². The number of anilines is 1. The van der Waals surface area contributed by atoms with Crippen molar-refractivity contribution in [3.05, 3.63) is 59.9 Å². The second-order valence-electron chi connectivity index (χ2n) is 6.27. The first-order chi connectivity index (χ1) is 12.2. The van der Waals surface area contributed by atoms with E-state index in [0.717, 1.165) is 37.0 Å². The third-order valence-electron chi connectivity index (χ3n) is 4.61. The lowest BCUT2D eigenvalue weighted by Gasteiger charge is -2.30. The van der Waals surface area contributed by atoms with E-state index in [9.17, 15) is 9.18 Å². The summed E-state index contributed by atoms with van der Waals surface area (Å²) in [6.45, 7) is 0.712. The van der Waals surface area contributed by atoms with Gasteiger partial charge in [0.15, 0.2) is 0 Å². The first-order valence-corrected chi connectivity index (χ1v) is 8.64. The Morgan fingerprint density at radius 3 is 2.48 bits per heavy atom. The molecule has 1 aliphatic rings. The number of carbonyl (C=O) groups is 1. The molecule has 1 fully saturated rings. The fraction of sp³-hybridized carbons (Fsp3) is 0.350. The third-order valence-corrected chi connectivity index (χ3v) is 4.61. The van der Waals surface area contributed by atoms with Crippen LogP contribution in [0.1, 0.15) is 37.3 Å². The highest BCUT2D eigenvalue weighted by atomic mass is 19.1. The molecule has 5 heteroatoms. The zero-order valence-corrected chi connectivity index (χ0v) is 14.4. The van der Waals surface area contributed by atoms with Crippen molar-refractivity contribution in [2.24, 2.45) is 0 Å². The predicted molar refractivity (Wildman–Crippen MR) is 96.3 cm³/mol. The van der Waals surface area contributed by atoms with Crippen molar-refractivity contribution < 1.29 is 13.9 Å². The quantitative estimate of drug-likeness (QED) is 0.854. The molecule has 1 heterocycles. The van der Waals surface area contributed by atoms with Gasteiger partial charge in [0.25, 0.3) is 0 Å². The van der Waals surface area contributed by atoms with Crippen LogP contribution in [-0.2, 0) is 0 Å². The van der Waals surface area contributed by atoms with E-state index >= 15 is 0 Å². The number of carbonyl (C=O) groups excluding carboxylic acids is 1. The lowest BCUT2D eigenvalue weighted by atomic mass is 10.0. The molecule has 0 bridgehead atoms. The normalized spacial score (nSPS) is 17.7. The van der Waals surface area contributed by atoms with Gasteiger partial charge in [0.2, 0.25) is 0 Å². The topological polar surface area (TPSA) is 41.6 Å². The fourth-order valence-electron chi connectivity index (χ4n) is 3.25. The van der Waals surface area contributed by atoms with Gasteiger partial charge in [-0.05, 0) is 54.8 Å². The van der Waals surface area contributed by atoms with Gasteiger partial charge in [0.05, 0.1) is 13.2 Å². The standard InChI is InChI=1S/C20H23FN2O2/c1-25-18-12-6-15(7-13-18)19-5-3-2-4-14-23(19)20(24)22-17-10-8-16(21)9-11-17/h6-13,19H,2-5,14H2,1H3,(H,22,24)/t19-/m0/s1. The van der Waals surface area contributed by atoms with Gasteiger partial charge in [-0.25, -0.2) is 9.18 Å². The van der Waals surface area contributed by atoms with Gasteiger partial charge in [-0.3, -0.25) is 0 Å². The van der Waals surface area contributed by atoms with E-state index < -0.39 is 0 Å². The number of methoxy groups -OCH3 is 1. The number of hydrogen-bond acceptors (Lipinski definition) is 2. The molecule has 0 saturated carbocycles. The lowest BCUT2D eigenvalue weighted by molar-refractivity contribution is 0.189. The third kappa shape index (κ3) is 4.29. The first kappa shape index (κ1) is 17.3. The molecule has 1 atom stereocenters. The average Bonchev–Trinajstić information content (AvgIpc) is 2.90. The summed E-state index contributed by atoms with van der Waals surface area (Å²) in [5.41, 5.74) is 1.71. The van der Waals surface area contributed by atoms with Crippen LogP contribution >= 0.6 is 0 Å². The molecule has 2 amide bonds. The molecule has 0 unspecified atom stereocenters. The molecule has 0 aromatic heterocycles. The molecule has 2 aromatic carbocycles. The van der Waals surface area contributed by atoms with E-state index in [1.807, 2.05) is 29.2 Å². The van der Waals surface area contributed by atoms with Gasteiger partial charge >= 0.3 is 6.03 Å². The zero-order valence-electron chi connectivity index (χ0n) is 14.4. The number of ether oxygens (including phenoxy) is 1. The van der Waals surface area contributed by atoms with Crippen LogP contribution in [0, 0.1) is 5.82 Å². The van der Waals surface area contributed by atoms with E-state index in [-0.39, 0.29) is 17.9 Å². The van der Waals surface area contributed by atoms with E-state index in [1.54, 1.807) is 19.2 Å². The Labute approximate surface area is 147 Å². The number of nitrogens with zero attached hydrogens (tertiary/aromatic N) is 1. The Morgan fingerprint density at radius 2 is 1.80 bits per heavy atom. The minimum atomic E-state index is -0.316. The largest absolute Gasteiger partial charge is 0.497 e. The van der Waals surface area contributed by atoms with Crippen molar-refractivity contribution in [3.8, 4) is 5.75 Å². The summed E-state index contributed by atoms with van der Waals surface area (Å²) in [5, 5.41) is 2.88. The van der Waals surface area contributed by atoms with Gasteiger partial charge in [0.1, 0.15) is 11.6 Å². The van der Waals surface area contributed by atoms with Crippen LogP contribution in [0.5, 0.6) is 5.75 Å². The zero-order chi connectivity index (χ0) is 17.6. The SMILES string of the molecule is COc1ccc([C@@H]2CCCCCN2C(=O)Nc2ccc(F)cc2)cc1. The summed E-state index contributed by atoms with van der Waals surface area (Å²) in [6.07, 6.45) is 4.14. The molecule has 2 aromatic rings. The second-order valence-corrected chi connectivity index (χ2v) is 6.27. The van der Waals surface area contributed by atoms with E-state index in [1.165, 1.54) is 12.1 Å². The highest BCUT2D eigenvalue weighted by molar-refractivity contribution is 5.89. The van der Waals surface area contributed by atoms with Crippen LogP contribution in [-0.4, -0.2) is 24.6 Å². The Morgan fingerprint density at radius 1 is 1.08 bits per heavy atom. The van der Waals surface area contributed by atoms with Gasteiger partial charge in [-0.15, -0.1) is 0 Å². The summed E-state index contributed by atoms with van der Waals surface area (Å²) in [7, 11) is 1.64. The average molecular weight is 342 g/mol. The second kappa shape index (κ2) is 8.01. The van der Waals surface area contributed by atoms with Gasteiger partial charge < -0.3 is 15.0 Å². The molecule has 0 aliphatic carbocycles. The van der Waals surface area contributed by atoms with Crippen molar-refractivity contribution in [1.29, 1.82) is 0 Å². The summed E-state index contributed by atoms with van der Waals surface area (Å²) >= 11 is 0. The molecule has 1 N–H and O–H groups in total. The number of amides is 2. The van der Waals surface area contributed by atoms with Crippen molar-refractivity contribution in [2.75, 3.05) is 19.0 Å². The number of likely N-dealkylation sites (tertiary alicyclic amines) is 1. The molecular weight excluding hydrogens is 319 g/mol. The highest BCUT2D eigenvalue weighted by Gasteiger charge is 2.26. The van der Waals surface area contributed by atoms with Gasteiger partial charge in [0, 0.05) is 12.2 Å². The molecule has 3 rings (SSSR count). The lowest BCUT2D eigenvalue weighted by Crippen LogP contribution is -2.38. The molecule has 0 radical (unpaired) electrons. The van der Waals surface area contributed by atoms with Gasteiger partial charge in [-0.2, -0.15) is 0 Å². The number of urea groups is 1. The molecule has 0 spiro atoms. The number of rotatable bonds is 3. The van der Waals surface area contributed by atoms with Crippen LogP contribution in [0.3, 0.4) is 0 Å². The summed E-state index contributed by atoms with van der Waals surface area (Å²) < 4.78 is 18.3. The number of benzene rings is 2. The molecule has 1 aliphatic heterocycles. The maximum atomic E-state index is 13.0. The molecular formula is C20H23FN2O2. The Kier molecular flexibility index (Phi) is 5.53. The van der Waals surface area contributed by atoms with Crippen molar-refractivity contribution in [3.63, 3.8) is 0 Å². The monoisotopic (exact) mass is 342 g/mol. The maximum Gasteiger partial charge on any atom is 0.322 e. The van der Waals surface area contributed by atoms with E-state index in [4.69, 9.17) is 4.74 Å². The molecule has 25 heavy (non-hydrogen) atoms. The Bertz CT molecular complexity index is 701. The van der Waals surface area contributed by atoms with Crippen LogP contribution < -0.4 is 10.1 Å². The van der Waals surface area contributed by atoms with E-state index in [2.05, 4.69) is 5.32 Å². The minimum Gasteiger partial charge on any atom is -0.497 e. The summed E-state index contributed by atoms with van der Waals surface area (Å²) in [6, 6.07) is 13.6. The molecule has 1 saturated heterocycles. The Balaban J connectivity index is 1.79. The van der Waals surface area contributed by atoms with Crippen LogP contribution in [0.4, 0.5) is 14.9 Å². The molecule has 4 nitrogen and oxygen atoms in total. The summed E-state index contributed by atoms with van der Waals surface area (Å²) in [4.78, 5) is 14.7. The summed E-state index contributed by atoms with van der Waals surface area (Å²) in [5.74, 6) is 0.489.